The minimum absolute atomic E-state index is 0.399. The fourth-order valence-electron chi connectivity index (χ4n) is 1.44. The second-order valence-corrected chi connectivity index (χ2v) is 3.65. The molecule has 1 atom stereocenters. The van der Waals surface area contributed by atoms with Gasteiger partial charge >= 0.3 is 0 Å². The molecule has 0 saturated carbocycles. The Kier molecular flexibility index (Phi) is 2.32. The van der Waals surface area contributed by atoms with Crippen molar-refractivity contribution < 1.29 is 0 Å². The molecule has 1 aliphatic rings. The molecule has 0 aromatic carbocycles. The predicted octanol–water partition coefficient (Wildman–Crippen LogP) is 0.723. The summed E-state index contributed by atoms with van der Waals surface area (Å²) in [6.07, 6.45) is 2.37. The molecular weight excluding hydrogens is 124 g/mol. The molecule has 3 N–H and O–H groups in total. The maximum Gasteiger partial charge on any atom is 0.0117 e. The first-order chi connectivity index (χ1) is 4.69. The maximum atomic E-state index is 5.98. The van der Waals surface area contributed by atoms with Gasteiger partial charge in [0.1, 0.15) is 0 Å². The van der Waals surface area contributed by atoms with Crippen molar-refractivity contribution in [3.63, 3.8) is 0 Å². The van der Waals surface area contributed by atoms with E-state index in [0.717, 1.165) is 19.5 Å². The zero-order chi connectivity index (χ0) is 7.61. The van der Waals surface area contributed by atoms with Crippen molar-refractivity contribution in [1.82, 2.24) is 5.32 Å². The Bertz CT molecular complexity index is 108. The van der Waals surface area contributed by atoms with E-state index in [0.29, 0.717) is 11.5 Å². The van der Waals surface area contributed by atoms with Crippen molar-refractivity contribution in [2.75, 3.05) is 13.1 Å². The van der Waals surface area contributed by atoms with Crippen LogP contribution < -0.4 is 11.1 Å². The molecule has 0 bridgehead atoms. The quantitative estimate of drug-likeness (QED) is 0.609. The predicted molar refractivity (Wildman–Crippen MR) is 43.9 cm³/mol. The number of nitrogens with two attached hydrogens (primary N) is 1. The molecule has 1 saturated heterocycles. The van der Waals surface area contributed by atoms with Gasteiger partial charge in [-0.3, -0.25) is 0 Å². The van der Waals surface area contributed by atoms with Gasteiger partial charge in [0.15, 0.2) is 0 Å². The van der Waals surface area contributed by atoms with E-state index >= 15 is 0 Å². The normalized spacial score (nSPS) is 25.5. The largest absolute Gasteiger partial charge is 0.327 e. The van der Waals surface area contributed by atoms with Crippen LogP contribution in [0.3, 0.4) is 0 Å². The number of hydrogen-bond acceptors (Lipinski definition) is 2. The zero-order valence-electron chi connectivity index (χ0n) is 6.98. The Labute approximate surface area is 63.2 Å². The summed E-state index contributed by atoms with van der Waals surface area (Å²) in [6.45, 7) is 6.67. The van der Waals surface area contributed by atoms with Crippen LogP contribution in [0.2, 0.25) is 0 Å². The SMILES string of the molecule is CCCC(N)C1(C)CNC1. The molecule has 1 heterocycles. The van der Waals surface area contributed by atoms with Gasteiger partial charge in [0, 0.05) is 24.5 Å². The lowest BCUT2D eigenvalue weighted by molar-refractivity contribution is 0.144. The lowest BCUT2D eigenvalue weighted by Gasteiger charge is -2.44. The van der Waals surface area contributed by atoms with Gasteiger partial charge in [0.05, 0.1) is 0 Å². The molecule has 0 aromatic rings. The van der Waals surface area contributed by atoms with Gasteiger partial charge < -0.3 is 11.1 Å². The van der Waals surface area contributed by atoms with Gasteiger partial charge in [0.25, 0.3) is 0 Å². The third-order valence-electron chi connectivity index (χ3n) is 2.55. The summed E-state index contributed by atoms with van der Waals surface area (Å²) < 4.78 is 0. The monoisotopic (exact) mass is 142 g/mol. The molecule has 0 amide bonds. The van der Waals surface area contributed by atoms with Crippen LogP contribution in [0.4, 0.5) is 0 Å². The maximum absolute atomic E-state index is 5.98. The van der Waals surface area contributed by atoms with Gasteiger partial charge in [0.2, 0.25) is 0 Å². The summed E-state index contributed by atoms with van der Waals surface area (Å²) in [4.78, 5) is 0. The third kappa shape index (κ3) is 1.32. The molecule has 0 aromatic heterocycles. The van der Waals surface area contributed by atoms with E-state index in [-0.39, 0.29) is 0 Å². The summed E-state index contributed by atoms with van der Waals surface area (Å²) in [7, 11) is 0. The fraction of sp³-hybridized carbons (Fsp3) is 1.00. The lowest BCUT2D eigenvalue weighted by Crippen LogP contribution is -2.60. The molecule has 0 spiro atoms. The second kappa shape index (κ2) is 2.89. The van der Waals surface area contributed by atoms with Crippen molar-refractivity contribution in [2.24, 2.45) is 11.1 Å². The fourth-order valence-corrected chi connectivity index (χ4v) is 1.44. The molecule has 1 fully saturated rings. The molecule has 0 radical (unpaired) electrons. The highest BCUT2D eigenvalue weighted by Gasteiger charge is 2.36. The Morgan fingerprint density at radius 2 is 2.20 bits per heavy atom. The van der Waals surface area contributed by atoms with E-state index in [1.165, 1.54) is 6.42 Å². The van der Waals surface area contributed by atoms with Crippen LogP contribution in [0, 0.1) is 5.41 Å². The van der Waals surface area contributed by atoms with Gasteiger partial charge in [-0.05, 0) is 6.42 Å². The van der Waals surface area contributed by atoms with Gasteiger partial charge in [-0.2, -0.15) is 0 Å². The minimum Gasteiger partial charge on any atom is -0.327 e. The molecule has 2 nitrogen and oxygen atoms in total. The van der Waals surface area contributed by atoms with E-state index in [4.69, 9.17) is 5.73 Å². The number of hydrogen-bond donors (Lipinski definition) is 2. The third-order valence-corrected chi connectivity index (χ3v) is 2.55. The second-order valence-electron chi connectivity index (χ2n) is 3.65. The van der Waals surface area contributed by atoms with Crippen molar-refractivity contribution in [3.05, 3.63) is 0 Å². The van der Waals surface area contributed by atoms with Crippen LogP contribution in [0.5, 0.6) is 0 Å². The summed E-state index contributed by atoms with van der Waals surface area (Å²) in [5.74, 6) is 0. The molecular formula is C8H18N2. The highest BCUT2D eigenvalue weighted by atomic mass is 15.0. The van der Waals surface area contributed by atoms with Crippen LogP contribution in [-0.4, -0.2) is 19.1 Å². The lowest BCUT2D eigenvalue weighted by atomic mass is 9.75. The minimum atomic E-state index is 0.399. The molecule has 10 heavy (non-hydrogen) atoms. The summed E-state index contributed by atoms with van der Waals surface area (Å²) in [5, 5.41) is 3.26. The van der Waals surface area contributed by atoms with E-state index in [1.807, 2.05) is 0 Å². The molecule has 1 unspecified atom stereocenters. The van der Waals surface area contributed by atoms with Crippen LogP contribution in [0.1, 0.15) is 26.7 Å². The summed E-state index contributed by atoms with van der Waals surface area (Å²) in [6, 6.07) is 0.402. The number of rotatable bonds is 3. The average molecular weight is 142 g/mol. The number of nitrogens with one attached hydrogen (secondary N) is 1. The van der Waals surface area contributed by atoms with E-state index < -0.39 is 0 Å². The highest BCUT2D eigenvalue weighted by molar-refractivity contribution is 4.95. The first kappa shape index (κ1) is 8.02. The van der Waals surface area contributed by atoms with E-state index in [1.54, 1.807) is 0 Å². The van der Waals surface area contributed by atoms with Crippen LogP contribution >= 0.6 is 0 Å². The molecule has 0 aliphatic carbocycles. The average Bonchev–Trinajstić information content (AvgIpc) is 1.83. The van der Waals surface area contributed by atoms with Crippen LogP contribution in [-0.2, 0) is 0 Å². The Balaban J connectivity index is 2.31. The molecule has 60 valence electrons. The standard InChI is InChI=1S/C8H18N2/c1-3-4-7(9)8(2)5-10-6-8/h7,10H,3-6,9H2,1-2H3. The van der Waals surface area contributed by atoms with Crippen LogP contribution in [0.15, 0.2) is 0 Å². The van der Waals surface area contributed by atoms with Crippen molar-refractivity contribution in [2.45, 2.75) is 32.7 Å². The van der Waals surface area contributed by atoms with Crippen molar-refractivity contribution >= 4 is 0 Å². The topological polar surface area (TPSA) is 38.0 Å². The van der Waals surface area contributed by atoms with E-state index in [9.17, 15) is 0 Å². The van der Waals surface area contributed by atoms with Gasteiger partial charge in [-0.25, -0.2) is 0 Å². The zero-order valence-corrected chi connectivity index (χ0v) is 6.98. The van der Waals surface area contributed by atoms with Gasteiger partial charge in [-0.15, -0.1) is 0 Å². The summed E-state index contributed by atoms with van der Waals surface area (Å²) in [5.41, 5.74) is 6.38. The Morgan fingerprint density at radius 1 is 1.60 bits per heavy atom. The van der Waals surface area contributed by atoms with Gasteiger partial charge in [-0.1, -0.05) is 20.3 Å². The highest BCUT2D eigenvalue weighted by Crippen LogP contribution is 2.26. The van der Waals surface area contributed by atoms with E-state index in [2.05, 4.69) is 19.2 Å². The molecule has 1 rings (SSSR count). The van der Waals surface area contributed by atoms with Crippen LogP contribution in [0.25, 0.3) is 0 Å². The first-order valence-corrected chi connectivity index (χ1v) is 4.15. The van der Waals surface area contributed by atoms with Crippen molar-refractivity contribution in [1.29, 1.82) is 0 Å². The Hall–Kier alpha value is -0.0800. The smallest absolute Gasteiger partial charge is 0.0117 e. The molecule has 1 aliphatic heterocycles. The first-order valence-electron chi connectivity index (χ1n) is 4.15. The summed E-state index contributed by atoms with van der Waals surface area (Å²) >= 11 is 0. The molecule has 2 heteroatoms. The van der Waals surface area contributed by atoms with Crippen molar-refractivity contribution in [3.8, 4) is 0 Å². The Morgan fingerprint density at radius 3 is 2.50 bits per heavy atom.